The lowest BCUT2D eigenvalue weighted by molar-refractivity contribution is 0.415. The van der Waals surface area contributed by atoms with Crippen molar-refractivity contribution in [1.82, 2.24) is 4.98 Å². The molecular formula is C23H19ClN2O4S. The van der Waals surface area contributed by atoms with Gasteiger partial charge in [0.25, 0.3) is 0 Å². The lowest BCUT2D eigenvalue weighted by Gasteiger charge is -2.07. The average molecular weight is 455 g/mol. The zero-order valence-corrected chi connectivity index (χ0v) is 18.4. The number of halogens is 1. The van der Waals surface area contributed by atoms with E-state index in [4.69, 9.17) is 20.8 Å². The summed E-state index contributed by atoms with van der Waals surface area (Å²) in [6, 6.07) is 20.5. The van der Waals surface area contributed by atoms with E-state index in [0.29, 0.717) is 22.0 Å². The molecule has 1 aromatic heterocycles. The Hall–Kier alpha value is -3.29. The third-order valence-electron chi connectivity index (χ3n) is 4.60. The van der Waals surface area contributed by atoms with Crippen LogP contribution in [0.2, 0.25) is 5.02 Å². The Morgan fingerprint density at radius 2 is 1.71 bits per heavy atom. The van der Waals surface area contributed by atoms with Crippen LogP contribution < -0.4 is 10.1 Å². The van der Waals surface area contributed by atoms with Crippen molar-refractivity contribution in [3.8, 4) is 17.2 Å². The summed E-state index contributed by atoms with van der Waals surface area (Å²) < 4.78 is 37.8. The molecule has 0 spiro atoms. The van der Waals surface area contributed by atoms with Crippen molar-refractivity contribution < 1.29 is 17.6 Å². The van der Waals surface area contributed by atoms with E-state index in [9.17, 15) is 8.42 Å². The third kappa shape index (κ3) is 4.42. The van der Waals surface area contributed by atoms with Crippen molar-refractivity contribution in [3.05, 3.63) is 83.4 Å². The predicted octanol–water partition coefficient (Wildman–Crippen LogP) is 5.89. The standard InChI is InChI=1S/C23H19ClN2O4S/c1-15-6-12-20(13-7-15)31(27,28)23-22(25-18-4-3-5-19(14-18)29-2)30-21(26-23)16-8-10-17(24)11-9-16/h3-14,25H,1-2H3. The van der Waals surface area contributed by atoms with Gasteiger partial charge in [-0.1, -0.05) is 35.4 Å². The molecular weight excluding hydrogens is 436 g/mol. The first-order chi connectivity index (χ1) is 14.9. The number of anilines is 2. The fourth-order valence-electron chi connectivity index (χ4n) is 2.94. The van der Waals surface area contributed by atoms with Crippen LogP contribution in [0.25, 0.3) is 11.5 Å². The molecule has 0 bridgehead atoms. The lowest BCUT2D eigenvalue weighted by Crippen LogP contribution is -2.05. The zero-order chi connectivity index (χ0) is 22.0. The van der Waals surface area contributed by atoms with Crippen molar-refractivity contribution in [2.24, 2.45) is 0 Å². The topological polar surface area (TPSA) is 81.4 Å². The van der Waals surface area contributed by atoms with Crippen molar-refractivity contribution >= 4 is 33.0 Å². The molecule has 0 radical (unpaired) electrons. The van der Waals surface area contributed by atoms with Crippen LogP contribution in [0.4, 0.5) is 11.6 Å². The third-order valence-corrected chi connectivity index (χ3v) is 6.53. The number of oxazole rings is 1. The summed E-state index contributed by atoms with van der Waals surface area (Å²) in [4.78, 5) is 4.46. The van der Waals surface area contributed by atoms with Gasteiger partial charge in [-0.25, -0.2) is 8.42 Å². The number of aromatic nitrogens is 1. The quantitative estimate of drug-likeness (QED) is 0.391. The van der Waals surface area contributed by atoms with Crippen LogP contribution in [0.5, 0.6) is 5.75 Å². The summed E-state index contributed by atoms with van der Waals surface area (Å²) in [5.41, 5.74) is 2.15. The maximum Gasteiger partial charge on any atom is 0.238 e. The molecule has 0 aliphatic rings. The molecule has 1 N–H and O–H groups in total. The Morgan fingerprint density at radius 3 is 2.39 bits per heavy atom. The monoisotopic (exact) mass is 454 g/mol. The molecule has 158 valence electrons. The highest BCUT2D eigenvalue weighted by molar-refractivity contribution is 7.91. The summed E-state index contributed by atoms with van der Waals surface area (Å²) >= 11 is 5.97. The molecule has 0 atom stereocenters. The second-order valence-corrected chi connectivity index (χ2v) is 9.14. The molecule has 1 heterocycles. The number of methoxy groups -OCH3 is 1. The smallest absolute Gasteiger partial charge is 0.238 e. The minimum Gasteiger partial charge on any atom is -0.497 e. The summed E-state index contributed by atoms with van der Waals surface area (Å²) in [6.45, 7) is 1.89. The highest BCUT2D eigenvalue weighted by Gasteiger charge is 2.28. The number of hydrogen-bond acceptors (Lipinski definition) is 6. The van der Waals surface area contributed by atoms with Crippen LogP contribution in [0, 0.1) is 6.92 Å². The van der Waals surface area contributed by atoms with Gasteiger partial charge in [0.05, 0.1) is 12.0 Å². The van der Waals surface area contributed by atoms with Crippen molar-refractivity contribution in [1.29, 1.82) is 0 Å². The SMILES string of the molecule is COc1cccc(Nc2oc(-c3ccc(Cl)cc3)nc2S(=O)(=O)c2ccc(C)cc2)c1. The van der Waals surface area contributed by atoms with Crippen LogP contribution in [0.3, 0.4) is 0 Å². The summed E-state index contributed by atoms with van der Waals surface area (Å²) in [7, 11) is -2.39. The summed E-state index contributed by atoms with van der Waals surface area (Å²) in [5, 5.41) is 3.37. The Kier molecular flexibility index (Phi) is 5.71. The number of benzene rings is 3. The Bertz CT molecular complexity index is 1310. The molecule has 8 heteroatoms. The van der Waals surface area contributed by atoms with Gasteiger partial charge >= 0.3 is 0 Å². The maximum absolute atomic E-state index is 13.4. The number of nitrogens with zero attached hydrogens (tertiary/aromatic N) is 1. The predicted molar refractivity (Wildman–Crippen MR) is 120 cm³/mol. The molecule has 4 aromatic rings. The first kappa shape index (κ1) is 21.0. The minimum absolute atomic E-state index is 0.0128. The van der Waals surface area contributed by atoms with Crippen molar-refractivity contribution in [2.75, 3.05) is 12.4 Å². The molecule has 0 saturated carbocycles. The van der Waals surface area contributed by atoms with E-state index in [0.717, 1.165) is 5.56 Å². The molecule has 6 nitrogen and oxygen atoms in total. The van der Waals surface area contributed by atoms with E-state index in [2.05, 4.69) is 10.3 Å². The van der Waals surface area contributed by atoms with Gasteiger partial charge in [0.2, 0.25) is 26.6 Å². The van der Waals surface area contributed by atoms with Gasteiger partial charge in [0.1, 0.15) is 5.75 Å². The number of ether oxygens (including phenoxy) is 1. The Morgan fingerprint density at radius 1 is 1.00 bits per heavy atom. The van der Waals surface area contributed by atoms with E-state index < -0.39 is 9.84 Å². The van der Waals surface area contributed by atoms with Crippen LogP contribution >= 0.6 is 11.6 Å². The van der Waals surface area contributed by atoms with Gasteiger partial charge in [-0.2, -0.15) is 4.98 Å². The molecule has 3 aromatic carbocycles. The van der Waals surface area contributed by atoms with Gasteiger partial charge in [0.15, 0.2) is 0 Å². The Balaban J connectivity index is 1.83. The highest BCUT2D eigenvalue weighted by Crippen LogP contribution is 2.35. The number of sulfone groups is 1. The summed E-state index contributed by atoms with van der Waals surface area (Å²) in [5.74, 6) is 0.789. The van der Waals surface area contributed by atoms with E-state index in [-0.39, 0.29) is 21.7 Å². The van der Waals surface area contributed by atoms with Gasteiger partial charge in [-0.15, -0.1) is 0 Å². The first-order valence-electron chi connectivity index (χ1n) is 9.36. The second-order valence-electron chi connectivity index (χ2n) is 6.83. The van der Waals surface area contributed by atoms with E-state index in [1.165, 1.54) is 0 Å². The zero-order valence-electron chi connectivity index (χ0n) is 16.8. The summed E-state index contributed by atoms with van der Waals surface area (Å²) in [6.07, 6.45) is 0. The van der Waals surface area contributed by atoms with Crippen molar-refractivity contribution in [2.45, 2.75) is 16.8 Å². The number of nitrogens with one attached hydrogen (secondary N) is 1. The Labute approximate surface area is 185 Å². The maximum atomic E-state index is 13.4. The fraction of sp³-hybridized carbons (Fsp3) is 0.0870. The lowest BCUT2D eigenvalue weighted by atomic mass is 10.2. The van der Waals surface area contributed by atoms with Crippen molar-refractivity contribution in [3.63, 3.8) is 0 Å². The van der Waals surface area contributed by atoms with E-state index in [1.54, 1.807) is 79.9 Å². The van der Waals surface area contributed by atoms with Crippen LogP contribution in [0.15, 0.2) is 87.1 Å². The molecule has 0 fully saturated rings. The largest absolute Gasteiger partial charge is 0.497 e. The number of rotatable bonds is 6. The van der Waals surface area contributed by atoms with Gasteiger partial charge in [-0.3, -0.25) is 0 Å². The van der Waals surface area contributed by atoms with E-state index >= 15 is 0 Å². The molecule has 0 aliphatic carbocycles. The molecule has 31 heavy (non-hydrogen) atoms. The van der Waals surface area contributed by atoms with Gasteiger partial charge < -0.3 is 14.5 Å². The fourth-order valence-corrected chi connectivity index (χ4v) is 4.33. The van der Waals surface area contributed by atoms with Crippen LogP contribution in [-0.4, -0.2) is 20.5 Å². The first-order valence-corrected chi connectivity index (χ1v) is 11.2. The number of hydrogen-bond donors (Lipinski definition) is 1. The molecule has 0 unspecified atom stereocenters. The molecule has 0 saturated heterocycles. The molecule has 0 aliphatic heterocycles. The number of aryl methyl sites for hydroxylation is 1. The van der Waals surface area contributed by atoms with Crippen LogP contribution in [-0.2, 0) is 9.84 Å². The van der Waals surface area contributed by atoms with Gasteiger partial charge in [0, 0.05) is 22.3 Å². The second kappa shape index (κ2) is 8.45. The highest BCUT2D eigenvalue weighted by atomic mass is 35.5. The molecule has 0 amide bonds. The van der Waals surface area contributed by atoms with E-state index in [1.807, 2.05) is 6.92 Å². The van der Waals surface area contributed by atoms with Crippen LogP contribution in [0.1, 0.15) is 5.56 Å². The normalized spacial score (nSPS) is 11.3. The van der Waals surface area contributed by atoms with Gasteiger partial charge in [-0.05, 0) is 55.5 Å². The minimum atomic E-state index is -3.94. The molecule has 4 rings (SSSR count). The average Bonchev–Trinajstić information content (AvgIpc) is 3.19.